The van der Waals surface area contributed by atoms with Crippen LogP contribution in [0.4, 0.5) is 0 Å². The Morgan fingerprint density at radius 2 is 1.39 bits per heavy atom. The Kier molecular flexibility index (Phi) is 11.8. The molecule has 0 saturated heterocycles. The molecule has 0 bridgehead atoms. The van der Waals surface area contributed by atoms with Gasteiger partial charge in [0.15, 0.2) is 6.04 Å². The number of benzene rings is 1. The van der Waals surface area contributed by atoms with Crippen LogP contribution in [-0.2, 0) is 30.4 Å². The number of phenols is 1. The summed E-state index contributed by atoms with van der Waals surface area (Å²) in [4.78, 5) is 60.9. The summed E-state index contributed by atoms with van der Waals surface area (Å²) in [5.74, 6) is -5.53. The van der Waals surface area contributed by atoms with Gasteiger partial charge in [0.05, 0.1) is 12.1 Å². The zero-order valence-corrected chi connectivity index (χ0v) is 20.3. The maximum absolute atomic E-state index is 13.1. The van der Waals surface area contributed by atoms with Crippen molar-refractivity contribution >= 4 is 29.7 Å². The quantitative estimate of drug-likeness (QED) is 0.147. The van der Waals surface area contributed by atoms with E-state index in [-0.39, 0.29) is 24.5 Å². The van der Waals surface area contributed by atoms with Gasteiger partial charge < -0.3 is 42.1 Å². The minimum atomic E-state index is -1.66. The molecule has 0 heterocycles. The summed E-state index contributed by atoms with van der Waals surface area (Å²) in [5.41, 5.74) is 6.31. The summed E-state index contributed by atoms with van der Waals surface area (Å²) in [6, 6.07) is 0.321. The van der Waals surface area contributed by atoms with Crippen molar-refractivity contribution < 1.29 is 44.4 Å². The summed E-state index contributed by atoms with van der Waals surface area (Å²) in [6.45, 7) is 4.55. The Morgan fingerprint density at radius 3 is 1.86 bits per heavy atom. The number of aliphatic hydroxyl groups excluding tert-OH is 1. The first kappa shape index (κ1) is 30.3. The van der Waals surface area contributed by atoms with E-state index in [9.17, 15) is 39.3 Å². The minimum Gasteiger partial charge on any atom is -0.508 e. The van der Waals surface area contributed by atoms with Crippen molar-refractivity contribution in [1.29, 1.82) is 0 Å². The fourth-order valence-corrected chi connectivity index (χ4v) is 3.10. The number of rotatable bonds is 14. The second kappa shape index (κ2) is 14.0. The third-order valence-corrected chi connectivity index (χ3v) is 5.36. The lowest BCUT2D eigenvalue weighted by atomic mass is 10.0. The summed E-state index contributed by atoms with van der Waals surface area (Å²) in [7, 11) is 0. The highest BCUT2D eigenvalue weighted by molar-refractivity contribution is 5.94. The van der Waals surface area contributed by atoms with Crippen LogP contribution in [0.3, 0.4) is 0 Å². The number of carboxylic acids is 2. The number of nitrogens with one attached hydrogen (secondary N) is 3. The van der Waals surface area contributed by atoms with Gasteiger partial charge in [-0.25, -0.2) is 4.79 Å². The molecule has 0 aliphatic heterocycles. The summed E-state index contributed by atoms with van der Waals surface area (Å²) >= 11 is 0. The molecule has 3 amide bonds. The largest absolute Gasteiger partial charge is 0.508 e. The zero-order chi connectivity index (χ0) is 27.6. The van der Waals surface area contributed by atoms with Crippen LogP contribution in [0.2, 0.25) is 0 Å². The van der Waals surface area contributed by atoms with Gasteiger partial charge >= 0.3 is 11.9 Å². The molecule has 200 valence electrons. The predicted molar refractivity (Wildman–Crippen MR) is 127 cm³/mol. The van der Waals surface area contributed by atoms with Crippen LogP contribution in [0.1, 0.15) is 39.2 Å². The molecule has 1 aromatic rings. The second-order valence-corrected chi connectivity index (χ2v) is 8.76. The first-order chi connectivity index (χ1) is 16.7. The number of carbonyl (C=O) groups is 5. The Morgan fingerprint density at radius 1 is 0.861 bits per heavy atom. The fraction of sp³-hybridized carbons (Fsp3) is 0.522. The maximum Gasteiger partial charge on any atom is 0.328 e. The number of nitrogens with two attached hydrogens (primary N) is 1. The van der Waals surface area contributed by atoms with Crippen molar-refractivity contribution in [2.75, 3.05) is 0 Å². The normalized spacial score (nSPS) is 15.2. The van der Waals surface area contributed by atoms with E-state index in [4.69, 9.17) is 10.8 Å². The van der Waals surface area contributed by atoms with E-state index in [1.165, 1.54) is 31.2 Å². The lowest BCUT2D eigenvalue weighted by Crippen LogP contribution is -2.59. The average Bonchev–Trinajstić information content (AvgIpc) is 2.79. The number of amides is 3. The van der Waals surface area contributed by atoms with E-state index in [0.29, 0.717) is 5.56 Å². The van der Waals surface area contributed by atoms with E-state index < -0.39 is 66.4 Å². The van der Waals surface area contributed by atoms with Crippen LogP contribution < -0.4 is 21.7 Å². The molecule has 1 aromatic carbocycles. The van der Waals surface area contributed by atoms with Gasteiger partial charge in [-0.15, -0.1) is 0 Å². The van der Waals surface area contributed by atoms with E-state index >= 15 is 0 Å². The molecular weight excluding hydrogens is 476 g/mol. The fourth-order valence-electron chi connectivity index (χ4n) is 3.10. The van der Waals surface area contributed by atoms with Crippen molar-refractivity contribution in [2.45, 2.75) is 70.3 Å². The molecule has 5 unspecified atom stereocenters. The van der Waals surface area contributed by atoms with Crippen LogP contribution in [0.15, 0.2) is 24.3 Å². The molecule has 5 atom stereocenters. The average molecular weight is 511 g/mol. The molecule has 0 radical (unpaired) electrons. The highest BCUT2D eigenvalue weighted by atomic mass is 16.4. The molecule has 0 spiro atoms. The molecule has 1 rings (SSSR count). The van der Waals surface area contributed by atoms with Gasteiger partial charge in [0.1, 0.15) is 17.8 Å². The summed E-state index contributed by atoms with van der Waals surface area (Å²) in [6.07, 6.45) is -2.35. The number of aliphatic hydroxyl groups is 1. The highest BCUT2D eigenvalue weighted by Crippen LogP contribution is 2.12. The highest BCUT2D eigenvalue weighted by Gasteiger charge is 2.32. The summed E-state index contributed by atoms with van der Waals surface area (Å²) in [5, 5.41) is 44.5. The summed E-state index contributed by atoms with van der Waals surface area (Å²) < 4.78 is 0. The van der Waals surface area contributed by atoms with Crippen molar-refractivity contribution in [1.82, 2.24) is 16.0 Å². The molecule has 9 N–H and O–H groups in total. The molecule has 13 nitrogen and oxygen atoms in total. The molecular formula is C23H34N4O9. The first-order valence-electron chi connectivity index (χ1n) is 11.3. The first-order valence-corrected chi connectivity index (χ1v) is 11.3. The van der Waals surface area contributed by atoms with Crippen molar-refractivity contribution in [3.8, 4) is 5.75 Å². The molecule has 13 heteroatoms. The number of hydrogen-bond acceptors (Lipinski definition) is 8. The number of aliphatic carboxylic acids is 2. The smallest absolute Gasteiger partial charge is 0.328 e. The van der Waals surface area contributed by atoms with Crippen molar-refractivity contribution in [3.05, 3.63) is 29.8 Å². The molecule has 0 aromatic heterocycles. The third kappa shape index (κ3) is 9.88. The van der Waals surface area contributed by atoms with Gasteiger partial charge in [0.25, 0.3) is 0 Å². The van der Waals surface area contributed by atoms with Crippen LogP contribution in [-0.4, -0.2) is 80.4 Å². The second-order valence-electron chi connectivity index (χ2n) is 8.76. The van der Waals surface area contributed by atoms with E-state index in [0.717, 1.165) is 0 Å². The maximum atomic E-state index is 13.1. The van der Waals surface area contributed by atoms with Crippen molar-refractivity contribution in [3.63, 3.8) is 0 Å². The van der Waals surface area contributed by atoms with Gasteiger partial charge in [-0.05, 0) is 37.0 Å². The number of carboxylic acid groups (broad SMARTS) is 2. The van der Waals surface area contributed by atoms with Crippen molar-refractivity contribution in [2.24, 2.45) is 11.7 Å². The molecule has 0 aliphatic carbocycles. The van der Waals surface area contributed by atoms with Crippen LogP contribution >= 0.6 is 0 Å². The van der Waals surface area contributed by atoms with E-state index in [1.807, 2.05) is 0 Å². The Labute approximate surface area is 208 Å². The standard InChI is InChI=1S/C23H34N4O9/c1-11(2)18(24)22(34)25-15(8-9-17(30)31)20(32)26-16(10-13-4-6-14(29)7-5-13)21(33)27-19(12(3)28)23(35)36/h4-7,11-12,15-16,18-19,28-29H,8-10,24H2,1-3H3,(H,25,34)(H,26,32)(H,27,33)(H,30,31)(H,35,36). The predicted octanol–water partition coefficient (Wildman–Crippen LogP) is -1.30. The van der Waals surface area contributed by atoms with Crippen LogP contribution in [0.25, 0.3) is 0 Å². The van der Waals surface area contributed by atoms with Crippen LogP contribution in [0, 0.1) is 5.92 Å². The molecule has 0 aliphatic rings. The molecule has 0 saturated carbocycles. The van der Waals surface area contributed by atoms with E-state index in [2.05, 4.69) is 16.0 Å². The number of phenolic OH excluding ortho intramolecular Hbond substituents is 1. The van der Waals surface area contributed by atoms with Gasteiger partial charge in [0.2, 0.25) is 17.7 Å². The Balaban J connectivity index is 3.19. The Hall–Kier alpha value is -3.71. The van der Waals surface area contributed by atoms with Gasteiger partial charge in [-0.3, -0.25) is 19.2 Å². The van der Waals surface area contributed by atoms with Gasteiger partial charge in [-0.2, -0.15) is 0 Å². The van der Waals surface area contributed by atoms with Gasteiger partial charge in [0, 0.05) is 12.8 Å². The van der Waals surface area contributed by atoms with Crippen LogP contribution in [0.5, 0.6) is 5.75 Å². The monoisotopic (exact) mass is 510 g/mol. The number of carbonyl (C=O) groups excluding carboxylic acids is 3. The minimum absolute atomic E-state index is 0.0400. The van der Waals surface area contributed by atoms with E-state index in [1.54, 1.807) is 13.8 Å². The molecule has 36 heavy (non-hydrogen) atoms. The zero-order valence-electron chi connectivity index (χ0n) is 20.3. The lowest BCUT2D eigenvalue weighted by molar-refractivity contribution is -0.145. The number of hydrogen-bond donors (Lipinski definition) is 8. The topological polar surface area (TPSA) is 228 Å². The Bertz CT molecular complexity index is 934. The third-order valence-electron chi connectivity index (χ3n) is 5.36. The lowest BCUT2D eigenvalue weighted by Gasteiger charge is -2.26. The SMILES string of the molecule is CC(C)C(N)C(=O)NC(CCC(=O)O)C(=O)NC(Cc1ccc(O)cc1)C(=O)NC(C(=O)O)C(C)O. The number of aromatic hydroxyl groups is 1. The molecule has 0 fully saturated rings. The van der Waals surface area contributed by atoms with Gasteiger partial charge in [-0.1, -0.05) is 26.0 Å².